The van der Waals surface area contributed by atoms with Gasteiger partial charge < -0.3 is 15.0 Å². The van der Waals surface area contributed by atoms with Crippen molar-refractivity contribution >= 4 is 17.5 Å². The highest BCUT2D eigenvalue weighted by atomic mass is 16.5. The van der Waals surface area contributed by atoms with E-state index >= 15 is 0 Å². The van der Waals surface area contributed by atoms with E-state index in [1.54, 1.807) is 4.90 Å². The van der Waals surface area contributed by atoms with Gasteiger partial charge in [-0.05, 0) is 25.0 Å². The highest BCUT2D eigenvalue weighted by Gasteiger charge is 2.67. The summed E-state index contributed by atoms with van der Waals surface area (Å²) >= 11 is 0. The zero-order chi connectivity index (χ0) is 15.6. The number of ether oxygens (including phenoxy) is 1. The van der Waals surface area contributed by atoms with E-state index in [0.717, 1.165) is 18.5 Å². The second kappa shape index (κ2) is 4.45. The molecular weight excluding hydrogens is 292 g/mol. The van der Waals surface area contributed by atoms with Crippen LogP contribution in [0.25, 0.3) is 0 Å². The first-order chi connectivity index (χ1) is 11.2. The molecule has 2 amide bonds. The van der Waals surface area contributed by atoms with Crippen LogP contribution in [0, 0.1) is 11.8 Å². The van der Waals surface area contributed by atoms with Gasteiger partial charge in [0.25, 0.3) is 0 Å². The van der Waals surface area contributed by atoms with E-state index in [4.69, 9.17) is 4.74 Å². The fourth-order valence-corrected chi connectivity index (χ4v) is 4.15. The molecule has 1 N–H and O–H groups in total. The van der Waals surface area contributed by atoms with Crippen molar-refractivity contribution in [1.29, 1.82) is 0 Å². The molecule has 3 heterocycles. The van der Waals surface area contributed by atoms with E-state index < -0.39 is 17.4 Å². The predicted molar refractivity (Wildman–Crippen MR) is 83.7 cm³/mol. The van der Waals surface area contributed by atoms with E-state index in [1.165, 1.54) is 0 Å². The summed E-state index contributed by atoms with van der Waals surface area (Å²) in [5.74, 6) is -0.839. The lowest BCUT2D eigenvalue weighted by Gasteiger charge is -2.23. The Balaban J connectivity index is 1.48. The molecule has 23 heavy (non-hydrogen) atoms. The summed E-state index contributed by atoms with van der Waals surface area (Å²) in [7, 11) is 0. The minimum Gasteiger partial charge on any atom is -0.360 e. The molecule has 0 aromatic heterocycles. The van der Waals surface area contributed by atoms with Crippen LogP contribution < -0.4 is 10.2 Å². The normalized spacial score (nSPS) is 37.3. The monoisotopic (exact) mass is 310 g/mol. The lowest BCUT2D eigenvalue weighted by atomic mass is 9.77. The maximum absolute atomic E-state index is 13.0. The highest BCUT2D eigenvalue weighted by molar-refractivity contribution is 6.03. The lowest BCUT2D eigenvalue weighted by molar-refractivity contribution is -0.132. The van der Waals surface area contributed by atoms with Crippen LogP contribution in [0.1, 0.15) is 12.8 Å². The number of carbonyl (C=O) groups is 2. The van der Waals surface area contributed by atoms with Crippen LogP contribution in [-0.4, -0.2) is 36.1 Å². The van der Waals surface area contributed by atoms with Crippen LogP contribution in [0.3, 0.4) is 0 Å². The van der Waals surface area contributed by atoms with Gasteiger partial charge in [-0.3, -0.25) is 9.59 Å². The second-order valence-corrected chi connectivity index (χ2v) is 6.94. The van der Waals surface area contributed by atoms with Crippen molar-refractivity contribution in [1.82, 2.24) is 5.32 Å². The Bertz CT molecular complexity index is 712. The van der Waals surface area contributed by atoms with Gasteiger partial charge >= 0.3 is 0 Å². The Labute approximate surface area is 134 Å². The minimum atomic E-state index is -0.636. The van der Waals surface area contributed by atoms with Crippen molar-refractivity contribution in [2.45, 2.75) is 30.6 Å². The van der Waals surface area contributed by atoms with E-state index in [2.05, 4.69) is 5.32 Å². The summed E-state index contributed by atoms with van der Waals surface area (Å²) in [6, 6.07) is 9.90. The number of nitrogens with zero attached hydrogens (tertiary/aromatic N) is 1. The lowest BCUT2D eigenvalue weighted by Crippen LogP contribution is -2.44. The Kier molecular flexibility index (Phi) is 2.57. The van der Waals surface area contributed by atoms with Gasteiger partial charge in [-0.25, -0.2) is 0 Å². The molecule has 1 saturated carbocycles. The maximum Gasteiger partial charge on any atom is 0.234 e. The van der Waals surface area contributed by atoms with Crippen molar-refractivity contribution in [2.24, 2.45) is 11.8 Å². The van der Waals surface area contributed by atoms with Crippen LogP contribution >= 0.6 is 0 Å². The zero-order valence-electron chi connectivity index (χ0n) is 12.6. The van der Waals surface area contributed by atoms with Crippen molar-refractivity contribution in [3.63, 3.8) is 0 Å². The van der Waals surface area contributed by atoms with Gasteiger partial charge in [-0.15, -0.1) is 0 Å². The second-order valence-electron chi connectivity index (χ2n) is 6.94. The average molecular weight is 310 g/mol. The first-order valence-electron chi connectivity index (χ1n) is 8.22. The van der Waals surface area contributed by atoms with E-state index in [0.29, 0.717) is 12.6 Å². The average Bonchev–Trinajstić information content (AvgIpc) is 3.09. The predicted octanol–water partition coefficient (Wildman–Crippen LogP) is 1.25. The molecule has 5 rings (SSSR count). The van der Waals surface area contributed by atoms with Crippen LogP contribution in [0.15, 0.2) is 42.5 Å². The quantitative estimate of drug-likeness (QED) is 0.855. The molecule has 1 spiro atoms. The number of carbonyl (C=O) groups excluding carboxylic acids is 2. The number of amides is 2. The van der Waals surface area contributed by atoms with E-state index in [9.17, 15) is 9.59 Å². The fourth-order valence-electron chi connectivity index (χ4n) is 4.15. The number of nitrogens with one attached hydrogen (secondary N) is 1. The molecule has 3 fully saturated rings. The summed E-state index contributed by atoms with van der Waals surface area (Å²) in [4.78, 5) is 27.4. The van der Waals surface area contributed by atoms with Crippen LogP contribution in [0.5, 0.6) is 0 Å². The number of rotatable bonds is 3. The smallest absolute Gasteiger partial charge is 0.234 e. The molecule has 4 aliphatic rings. The number of para-hydroxylation sites is 1. The molecule has 4 atom stereocenters. The molecule has 3 aliphatic heterocycles. The maximum atomic E-state index is 13.0. The molecule has 3 unspecified atom stereocenters. The van der Waals surface area contributed by atoms with Gasteiger partial charge in [0.05, 0.1) is 24.5 Å². The third-order valence-corrected chi connectivity index (χ3v) is 5.39. The summed E-state index contributed by atoms with van der Waals surface area (Å²) in [5.41, 5.74) is 0.228. The van der Waals surface area contributed by atoms with Crippen molar-refractivity contribution in [3.05, 3.63) is 42.5 Å². The highest BCUT2D eigenvalue weighted by Crippen LogP contribution is 2.52. The molecule has 118 valence electrons. The van der Waals surface area contributed by atoms with E-state index in [-0.39, 0.29) is 17.9 Å². The molecule has 5 nitrogen and oxygen atoms in total. The third-order valence-electron chi connectivity index (χ3n) is 5.39. The van der Waals surface area contributed by atoms with Gasteiger partial charge in [-0.2, -0.15) is 0 Å². The topological polar surface area (TPSA) is 58.6 Å². The van der Waals surface area contributed by atoms with Crippen molar-refractivity contribution in [3.8, 4) is 0 Å². The van der Waals surface area contributed by atoms with Crippen molar-refractivity contribution < 1.29 is 14.3 Å². The first-order valence-corrected chi connectivity index (χ1v) is 8.22. The zero-order valence-corrected chi connectivity index (χ0v) is 12.6. The van der Waals surface area contributed by atoms with E-state index in [1.807, 2.05) is 42.5 Å². The van der Waals surface area contributed by atoms with Gasteiger partial charge in [0, 0.05) is 11.7 Å². The molecule has 2 saturated heterocycles. The molecule has 0 radical (unpaired) electrons. The molecule has 1 aromatic rings. The minimum absolute atomic E-state index is 0.000929. The van der Waals surface area contributed by atoms with Crippen molar-refractivity contribution in [2.75, 3.05) is 11.4 Å². The van der Waals surface area contributed by atoms with Gasteiger partial charge in [0.1, 0.15) is 5.60 Å². The van der Waals surface area contributed by atoms with Gasteiger partial charge in [0.2, 0.25) is 11.8 Å². The van der Waals surface area contributed by atoms with Crippen LogP contribution in [0.4, 0.5) is 5.69 Å². The molecule has 2 bridgehead atoms. The first kappa shape index (κ1) is 13.3. The largest absolute Gasteiger partial charge is 0.360 e. The number of hydrogen-bond donors (Lipinski definition) is 1. The summed E-state index contributed by atoms with van der Waals surface area (Å²) in [6.45, 7) is 0.487. The van der Waals surface area contributed by atoms with Gasteiger partial charge in [-0.1, -0.05) is 30.4 Å². The molecular formula is C18H18N2O3. The summed E-state index contributed by atoms with van der Waals surface area (Å²) < 4.78 is 6.11. The fraction of sp³-hybridized carbons (Fsp3) is 0.444. The number of hydrogen-bond acceptors (Lipinski definition) is 3. The Hall–Kier alpha value is -2.14. The molecule has 5 heteroatoms. The van der Waals surface area contributed by atoms with Crippen LogP contribution in [-0.2, 0) is 14.3 Å². The standard InChI is InChI=1S/C18H18N2O3/c21-16(19-11-6-7-11)14-13-8-9-18(23-13)10-20(17(22)15(14)18)12-4-2-1-3-5-12/h1-5,8-9,11,13-15H,6-7,10H2,(H,19,21)/t13?,14?,15?,18-/m0/s1. The third kappa shape index (κ3) is 1.83. The number of benzene rings is 1. The SMILES string of the molecule is O=C(NC1CC1)C1C2C=C[C@@]3(CN(c4ccccc4)C(=O)C13)O2. The van der Waals surface area contributed by atoms with Gasteiger partial charge in [0.15, 0.2) is 0 Å². The Morgan fingerprint density at radius 1 is 1.26 bits per heavy atom. The molecule has 1 aromatic carbocycles. The number of fused-ring (bicyclic) bond motifs is 1. The summed E-state index contributed by atoms with van der Waals surface area (Å²) in [6.07, 6.45) is 5.76. The Morgan fingerprint density at radius 3 is 2.78 bits per heavy atom. The van der Waals surface area contributed by atoms with Crippen LogP contribution in [0.2, 0.25) is 0 Å². The molecule has 1 aliphatic carbocycles. The summed E-state index contributed by atoms with van der Waals surface area (Å²) in [5, 5.41) is 3.04. The number of anilines is 1. The Morgan fingerprint density at radius 2 is 2.04 bits per heavy atom.